The second kappa shape index (κ2) is 11.5. The molecule has 1 fully saturated rings. The molecule has 0 spiro atoms. The molecule has 0 saturated carbocycles. The maximum Gasteiger partial charge on any atom is 0.261 e. The fraction of sp³-hybridized carbons (Fsp3) is 0.333. The van der Waals surface area contributed by atoms with E-state index in [9.17, 15) is 5.26 Å². The molecule has 1 aliphatic rings. The summed E-state index contributed by atoms with van der Waals surface area (Å²) in [6.07, 6.45) is 2.10. The molecule has 200 valence electrons. The van der Waals surface area contributed by atoms with E-state index in [1.165, 1.54) is 15.3 Å². The van der Waals surface area contributed by atoms with Gasteiger partial charge in [0.05, 0.1) is 27.3 Å². The molecule has 2 heterocycles. The Morgan fingerprint density at radius 1 is 0.974 bits per heavy atom. The summed E-state index contributed by atoms with van der Waals surface area (Å²) in [5.41, 5.74) is 5.84. The number of anilines is 1. The molecule has 4 aromatic rings. The summed E-state index contributed by atoms with van der Waals surface area (Å²) >= 11 is 1.65. The minimum absolute atomic E-state index is 0.0205. The SMILES string of the molecule is Cc1ncsc1-c1ccc(C#N)c(N2CCC(CO[Si](c3ccccc3)(c3ccccc3)C(C)(C)C)CC2)c1. The van der Waals surface area contributed by atoms with Crippen molar-refractivity contribution >= 4 is 35.7 Å². The van der Waals surface area contributed by atoms with Gasteiger partial charge in [-0.2, -0.15) is 5.26 Å². The smallest absolute Gasteiger partial charge is 0.261 e. The van der Waals surface area contributed by atoms with Gasteiger partial charge in [-0.05, 0) is 58.8 Å². The lowest BCUT2D eigenvalue weighted by atomic mass is 9.96. The second-order valence-corrected chi connectivity index (χ2v) is 16.7. The van der Waals surface area contributed by atoms with E-state index in [0.29, 0.717) is 5.92 Å². The summed E-state index contributed by atoms with van der Waals surface area (Å²) in [5.74, 6) is 0.486. The zero-order chi connectivity index (χ0) is 27.5. The summed E-state index contributed by atoms with van der Waals surface area (Å²) in [4.78, 5) is 7.98. The van der Waals surface area contributed by atoms with E-state index < -0.39 is 8.32 Å². The van der Waals surface area contributed by atoms with Crippen molar-refractivity contribution in [1.82, 2.24) is 4.98 Å². The molecule has 0 bridgehead atoms. The summed E-state index contributed by atoms with van der Waals surface area (Å²) in [5, 5.41) is 12.5. The van der Waals surface area contributed by atoms with Gasteiger partial charge in [-0.1, -0.05) is 87.5 Å². The number of thiazole rings is 1. The summed E-state index contributed by atoms with van der Waals surface area (Å²) in [6, 6.07) is 30.4. The fourth-order valence-corrected chi connectivity index (χ4v) is 11.4. The van der Waals surface area contributed by atoms with Gasteiger partial charge in [-0.3, -0.25) is 0 Å². The number of nitrogens with zero attached hydrogens (tertiary/aromatic N) is 3. The predicted octanol–water partition coefficient (Wildman–Crippen LogP) is 6.78. The molecular weight excluding hydrogens is 515 g/mol. The number of benzene rings is 3. The van der Waals surface area contributed by atoms with Gasteiger partial charge >= 0.3 is 0 Å². The zero-order valence-corrected chi connectivity index (χ0v) is 25.2. The average molecular weight is 552 g/mol. The number of hydrogen-bond acceptors (Lipinski definition) is 5. The van der Waals surface area contributed by atoms with E-state index in [0.717, 1.165) is 55.0 Å². The van der Waals surface area contributed by atoms with E-state index >= 15 is 0 Å². The first-order chi connectivity index (χ1) is 18.8. The minimum atomic E-state index is -2.53. The summed E-state index contributed by atoms with van der Waals surface area (Å²) in [6.45, 7) is 11.7. The highest BCUT2D eigenvalue weighted by Crippen LogP contribution is 2.38. The number of hydrogen-bond donors (Lipinski definition) is 0. The molecule has 6 heteroatoms. The first-order valence-electron chi connectivity index (χ1n) is 13.8. The topological polar surface area (TPSA) is 49.2 Å². The molecule has 3 aromatic carbocycles. The molecule has 0 radical (unpaired) electrons. The van der Waals surface area contributed by atoms with Gasteiger partial charge in [0, 0.05) is 19.7 Å². The van der Waals surface area contributed by atoms with Crippen molar-refractivity contribution < 1.29 is 4.43 Å². The van der Waals surface area contributed by atoms with Crippen LogP contribution in [-0.2, 0) is 4.43 Å². The second-order valence-electron chi connectivity index (χ2n) is 11.5. The van der Waals surface area contributed by atoms with Crippen molar-refractivity contribution in [2.45, 2.75) is 45.6 Å². The Morgan fingerprint density at radius 2 is 1.59 bits per heavy atom. The van der Waals surface area contributed by atoms with Gasteiger partial charge in [-0.25, -0.2) is 4.98 Å². The van der Waals surface area contributed by atoms with Crippen LogP contribution in [0.25, 0.3) is 10.4 Å². The van der Waals surface area contributed by atoms with E-state index in [1.54, 1.807) is 11.3 Å². The third kappa shape index (κ3) is 5.45. The van der Waals surface area contributed by atoms with E-state index in [1.807, 2.05) is 24.6 Å². The third-order valence-electron chi connectivity index (χ3n) is 8.03. The maximum atomic E-state index is 9.84. The number of aromatic nitrogens is 1. The first kappa shape index (κ1) is 27.3. The molecule has 0 unspecified atom stereocenters. The largest absolute Gasteiger partial charge is 0.407 e. The lowest BCUT2D eigenvalue weighted by molar-refractivity contribution is 0.211. The molecular formula is C33H37N3OSSi. The maximum absolute atomic E-state index is 9.84. The minimum Gasteiger partial charge on any atom is -0.407 e. The van der Waals surface area contributed by atoms with Crippen LogP contribution in [0.1, 0.15) is 44.9 Å². The molecule has 4 nitrogen and oxygen atoms in total. The van der Waals surface area contributed by atoms with Crippen LogP contribution in [0.4, 0.5) is 5.69 Å². The Hall–Kier alpha value is -3.24. The van der Waals surface area contributed by atoms with Crippen molar-refractivity contribution in [3.05, 3.63) is 95.6 Å². The van der Waals surface area contributed by atoms with Crippen molar-refractivity contribution in [3.63, 3.8) is 0 Å². The summed E-state index contributed by atoms with van der Waals surface area (Å²) < 4.78 is 7.24. The van der Waals surface area contributed by atoms with E-state index in [4.69, 9.17) is 4.43 Å². The van der Waals surface area contributed by atoms with Crippen molar-refractivity contribution in [1.29, 1.82) is 5.26 Å². The van der Waals surface area contributed by atoms with Crippen LogP contribution in [-0.4, -0.2) is 33.0 Å². The van der Waals surface area contributed by atoms with Gasteiger partial charge in [0.2, 0.25) is 0 Å². The highest BCUT2D eigenvalue weighted by atomic mass is 32.1. The van der Waals surface area contributed by atoms with Crippen molar-refractivity contribution in [2.24, 2.45) is 5.92 Å². The molecule has 0 atom stereocenters. The first-order valence-corrected chi connectivity index (χ1v) is 16.6. The normalized spacial score (nSPS) is 14.8. The quantitative estimate of drug-likeness (QED) is 0.238. The molecule has 39 heavy (non-hydrogen) atoms. The fourth-order valence-electron chi connectivity index (χ4n) is 5.95. The van der Waals surface area contributed by atoms with E-state index in [2.05, 4.69) is 103 Å². The highest BCUT2D eigenvalue weighted by molar-refractivity contribution is 7.13. The predicted molar refractivity (Wildman–Crippen MR) is 166 cm³/mol. The Bertz CT molecular complexity index is 1390. The Morgan fingerprint density at radius 3 is 2.10 bits per heavy atom. The number of nitriles is 1. The number of piperidine rings is 1. The van der Waals surface area contributed by atoms with Gasteiger partial charge < -0.3 is 9.33 Å². The molecule has 1 aliphatic heterocycles. The molecule has 0 amide bonds. The molecule has 1 saturated heterocycles. The molecule has 5 rings (SSSR count). The van der Waals surface area contributed by atoms with Gasteiger partial charge in [0.1, 0.15) is 6.07 Å². The van der Waals surface area contributed by atoms with Crippen LogP contribution in [0.2, 0.25) is 5.04 Å². The van der Waals surface area contributed by atoms with Crippen LogP contribution >= 0.6 is 11.3 Å². The van der Waals surface area contributed by atoms with Gasteiger partial charge in [0.15, 0.2) is 0 Å². The zero-order valence-electron chi connectivity index (χ0n) is 23.4. The lowest BCUT2D eigenvalue weighted by Crippen LogP contribution is -2.67. The van der Waals surface area contributed by atoms with Crippen LogP contribution < -0.4 is 15.3 Å². The average Bonchev–Trinajstić information content (AvgIpc) is 3.39. The van der Waals surface area contributed by atoms with Crippen LogP contribution in [0, 0.1) is 24.2 Å². The molecule has 1 aromatic heterocycles. The van der Waals surface area contributed by atoms with Gasteiger partial charge in [0.25, 0.3) is 8.32 Å². The lowest BCUT2D eigenvalue weighted by Gasteiger charge is -2.44. The van der Waals surface area contributed by atoms with Crippen LogP contribution in [0.15, 0.2) is 84.4 Å². The monoisotopic (exact) mass is 551 g/mol. The van der Waals surface area contributed by atoms with Crippen molar-refractivity contribution in [2.75, 3.05) is 24.6 Å². The van der Waals surface area contributed by atoms with Crippen LogP contribution in [0.3, 0.4) is 0 Å². The Kier molecular flexibility index (Phi) is 8.04. The van der Waals surface area contributed by atoms with Crippen molar-refractivity contribution in [3.8, 4) is 16.5 Å². The molecule has 0 aliphatic carbocycles. The van der Waals surface area contributed by atoms with Crippen LogP contribution in [0.5, 0.6) is 0 Å². The Labute approximate surface area is 238 Å². The molecule has 0 N–H and O–H groups in total. The Balaban J connectivity index is 1.35. The third-order valence-corrected chi connectivity index (χ3v) is 14.0. The number of rotatable bonds is 7. The summed E-state index contributed by atoms with van der Waals surface area (Å²) in [7, 11) is -2.53. The highest BCUT2D eigenvalue weighted by Gasteiger charge is 2.50. The van der Waals surface area contributed by atoms with Gasteiger partial charge in [-0.15, -0.1) is 11.3 Å². The van der Waals surface area contributed by atoms with E-state index in [-0.39, 0.29) is 5.04 Å². The number of aryl methyl sites for hydroxylation is 1. The standard InChI is InChI=1S/C33H37N3OSSi/c1-25-32(38-24-35-25)27-15-16-28(22-34)31(21-27)36-19-17-26(18-20-36)23-37-39(33(2,3)4,29-11-7-5-8-12-29)30-13-9-6-10-14-30/h5-16,21,24,26H,17-20,23H2,1-4H3.